The van der Waals surface area contributed by atoms with Gasteiger partial charge in [0.2, 0.25) is 0 Å². The molecule has 0 N–H and O–H groups in total. The third-order valence-corrected chi connectivity index (χ3v) is 19.1. The van der Waals surface area contributed by atoms with Gasteiger partial charge in [-0.2, -0.15) is 0 Å². The smallest absolute Gasteiger partial charge is 0.412 e. The maximum atomic E-state index is 7.71. The van der Waals surface area contributed by atoms with Crippen LogP contribution in [0.2, 0.25) is 0 Å². The molecule has 0 amide bonds. The molecule has 195 valence electrons. The molecular formula is C30H25O5Si5. The van der Waals surface area contributed by atoms with Crippen molar-refractivity contribution in [2.24, 2.45) is 0 Å². The predicted molar refractivity (Wildman–Crippen MR) is 165 cm³/mol. The standard InChI is InChI=1S/C30H25O5Si5/c1-6-16-26(17-7-1)38-32-36-31-37-33-39(27-18-8-2-9-19-27,28-20-10-3-11-21-28)35-40(34-38,29-22-12-4-13-23-29)30-24-14-5-15-25-30/h1-25H. The summed E-state index contributed by atoms with van der Waals surface area (Å²) >= 11 is 0. The van der Waals surface area contributed by atoms with Gasteiger partial charge in [-0.05, 0) is 25.9 Å². The molecule has 0 aliphatic carbocycles. The molecule has 0 atom stereocenters. The third kappa shape index (κ3) is 5.59. The number of hydrogen-bond acceptors (Lipinski definition) is 5. The summed E-state index contributed by atoms with van der Waals surface area (Å²) in [5.41, 5.74) is 0. The van der Waals surface area contributed by atoms with Crippen molar-refractivity contribution in [1.82, 2.24) is 0 Å². The Morgan fingerprint density at radius 1 is 0.450 bits per heavy atom. The average molecular weight is 606 g/mol. The highest BCUT2D eigenvalue weighted by molar-refractivity contribution is 7.07. The first-order chi connectivity index (χ1) is 19.8. The molecule has 5 nitrogen and oxygen atoms in total. The molecule has 1 aliphatic heterocycles. The summed E-state index contributed by atoms with van der Waals surface area (Å²) in [5, 5.41) is 4.95. The molecular weight excluding hydrogens is 581 g/mol. The lowest BCUT2D eigenvalue weighted by Crippen LogP contribution is -2.77. The number of hydrogen-bond donors (Lipinski definition) is 0. The Labute approximate surface area is 243 Å². The van der Waals surface area contributed by atoms with Gasteiger partial charge in [-0.1, -0.05) is 152 Å². The zero-order chi connectivity index (χ0) is 27.1. The van der Waals surface area contributed by atoms with Crippen molar-refractivity contribution in [1.29, 1.82) is 0 Å². The fourth-order valence-electron chi connectivity index (χ4n) is 4.68. The first-order valence-corrected chi connectivity index (χ1v) is 19.4. The lowest BCUT2D eigenvalue weighted by atomic mass is 10.4. The second-order valence-corrected chi connectivity index (χ2v) is 19.4. The van der Waals surface area contributed by atoms with E-state index in [1.807, 2.05) is 91.0 Å². The Morgan fingerprint density at radius 3 is 1.30 bits per heavy atom. The molecule has 1 aliphatic rings. The second-order valence-electron chi connectivity index (χ2n) is 9.03. The van der Waals surface area contributed by atoms with E-state index in [-0.39, 0.29) is 20.0 Å². The molecule has 40 heavy (non-hydrogen) atoms. The fraction of sp³-hybridized carbons (Fsp3) is 0. The van der Waals surface area contributed by atoms with Gasteiger partial charge < -0.3 is 20.6 Å². The Morgan fingerprint density at radius 2 is 0.850 bits per heavy atom. The van der Waals surface area contributed by atoms with Crippen LogP contribution in [0.3, 0.4) is 0 Å². The Balaban J connectivity index is 1.64. The molecule has 0 bridgehead atoms. The molecule has 5 aromatic rings. The first kappa shape index (κ1) is 27.2. The van der Waals surface area contributed by atoms with Crippen LogP contribution in [-0.4, -0.2) is 46.4 Å². The monoisotopic (exact) mass is 605 g/mol. The van der Waals surface area contributed by atoms with E-state index in [1.54, 1.807) is 0 Å². The van der Waals surface area contributed by atoms with E-state index in [9.17, 15) is 0 Å². The molecule has 1 heterocycles. The van der Waals surface area contributed by atoms with Crippen molar-refractivity contribution in [3.05, 3.63) is 152 Å². The van der Waals surface area contributed by atoms with E-state index >= 15 is 0 Å². The summed E-state index contributed by atoms with van der Waals surface area (Å²) in [7, 11) is -9.46. The summed E-state index contributed by atoms with van der Waals surface area (Å²) in [5.74, 6) is 0. The van der Waals surface area contributed by atoms with Crippen LogP contribution < -0.4 is 25.9 Å². The Bertz CT molecular complexity index is 1400. The average Bonchev–Trinajstić information content (AvgIpc) is 3.05. The predicted octanol–water partition coefficient (Wildman–Crippen LogP) is 2.06. The SMILES string of the molecule is c1ccc([Si]2O[Si]O[Si]O[Si](c3ccccc3)(c3ccccc3)O[Si](c3ccccc3)(c3ccccc3)O2)cc1. The van der Waals surface area contributed by atoms with Crippen LogP contribution in [0.25, 0.3) is 0 Å². The van der Waals surface area contributed by atoms with Gasteiger partial charge in [0, 0.05) is 0 Å². The summed E-state index contributed by atoms with van der Waals surface area (Å²) in [6, 6.07) is 51.2. The van der Waals surface area contributed by atoms with Gasteiger partial charge in [0.05, 0.1) is 0 Å². The molecule has 5 aromatic carbocycles. The van der Waals surface area contributed by atoms with Crippen LogP contribution >= 0.6 is 0 Å². The van der Waals surface area contributed by atoms with Crippen molar-refractivity contribution in [2.45, 2.75) is 0 Å². The minimum atomic E-state index is -3.51. The van der Waals surface area contributed by atoms with Crippen LogP contribution in [0.5, 0.6) is 0 Å². The summed E-state index contributed by atoms with van der Waals surface area (Å²) < 4.78 is 34.2. The third-order valence-electron chi connectivity index (χ3n) is 6.55. The van der Waals surface area contributed by atoms with E-state index in [4.69, 9.17) is 20.6 Å². The van der Waals surface area contributed by atoms with Crippen molar-refractivity contribution in [2.75, 3.05) is 0 Å². The van der Waals surface area contributed by atoms with E-state index in [0.717, 1.165) is 25.9 Å². The lowest BCUT2D eigenvalue weighted by Gasteiger charge is -2.43. The second kappa shape index (κ2) is 12.7. The van der Waals surface area contributed by atoms with E-state index in [2.05, 4.69) is 60.7 Å². The Kier molecular flexibility index (Phi) is 8.60. The van der Waals surface area contributed by atoms with Crippen molar-refractivity contribution >= 4 is 72.4 Å². The molecule has 0 spiro atoms. The van der Waals surface area contributed by atoms with Crippen molar-refractivity contribution in [3.63, 3.8) is 0 Å². The van der Waals surface area contributed by atoms with Crippen molar-refractivity contribution in [3.8, 4) is 0 Å². The summed E-state index contributed by atoms with van der Waals surface area (Å²) in [4.78, 5) is 0. The van der Waals surface area contributed by atoms with E-state index in [1.165, 1.54) is 0 Å². The molecule has 0 aromatic heterocycles. The molecule has 6 rings (SSSR count). The number of rotatable bonds is 5. The molecule has 5 radical (unpaired) electrons. The zero-order valence-electron chi connectivity index (χ0n) is 21.5. The highest BCUT2D eigenvalue weighted by atomic mass is 28.5. The van der Waals surface area contributed by atoms with Gasteiger partial charge in [0.15, 0.2) is 0 Å². The van der Waals surface area contributed by atoms with Crippen LogP contribution in [-0.2, 0) is 20.6 Å². The Hall–Kier alpha value is -3.02. The molecule has 0 unspecified atom stereocenters. The van der Waals surface area contributed by atoms with Gasteiger partial charge in [-0.15, -0.1) is 0 Å². The summed E-state index contributed by atoms with van der Waals surface area (Å²) in [6.07, 6.45) is 0. The quantitative estimate of drug-likeness (QED) is 0.287. The van der Waals surface area contributed by atoms with E-state index < -0.39 is 26.4 Å². The fourth-order valence-corrected chi connectivity index (χ4v) is 19.3. The minimum absolute atomic E-state index is 0.232. The van der Waals surface area contributed by atoms with Crippen LogP contribution in [0.15, 0.2) is 152 Å². The van der Waals surface area contributed by atoms with Crippen LogP contribution in [0, 0.1) is 0 Å². The molecule has 10 heteroatoms. The minimum Gasteiger partial charge on any atom is -0.412 e. The van der Waals surface area contributed by atoms with Gasteiger partial charge in [-0.25, -0.2) is 0 Å². The van der Waals surface area contributed by atoms with Crippen LogP contribution in [0.4, 0.5) is 0 Å². The van der Waals surface area contributed by atoms with Crippen LogP contribution in [0.1, 0.15) is 0 Å². The van der Waals surface area contributed by atoms with Gasteiger partial charge >= 0.3 is 46.4 Å². The maximum Gasteiger partial charge on any atom is 0.413 e. The van der Waals surface area contributed by atoms with Gasteiger partial charge in [0.25, 0.3) is 0 Å². The largest absolute Gasteiger partial charge is 0.413 e. The molecule has 0 saturated carbocycles. The molecule has 1 fully saturated rings. The van der Waals surface area contributed by atoms with Gasteiger partial charge in [-0.3, -0.25) is 0 Å². The number of benzene rings is 5. The molecule has 1 saturated heterocycles. The van der Waals surface area contributed by atoms with E-state index in [0.29, 0.717) is 0 Å². The summed E-state index contributed by atoms with van der Waals surface area (Å²) in [6.45, 7) is 0. The maximum absolute atomic E-state index is 7.71. The van der Waals surface area contributed by atoms with Crippen molar-refractivity contribution < 1.29 is 20.6 Å². The normalized spacial score (nSPS) is 17.6. The first-order valence-electron chi connectivity index (χ1n) is 12.8. The lowest BCUT2D eigenvalue weighted by molar-refractivity contribution is 0.304. The zero-order valence-corrected chi connectivity index (χ0v) is 26.5. The highest BCUT2D eigenvalue weighted by Gasteiger charge is 2.56. The topological polar surface area (TPSA) is 46.2 Å². The highest BCUT2D eigenvalue weighted by Crippen LogP contribution is 2.21. The van der Waals surface area contributed by atoms with Gasteiger partial charge in [0.1, 0.15) is 0 Å².